The van der Waals surface area contributed by atoms with Gasteiger partial charge in [0.25, 0.3) is 0 Å². The molecule has 0 aliphatic rings. The highest BCUT2D eigenvalue weighted by Crippen LogP contribution is 2.24. The molecular formula is C19H14Cl2N4O6S. The fraction of sp³-hybridized carbons (Fsp3) is 0.158. The van der Waals surface area contributed by atoms with E-state index in [9.17, 15) is 13.2 Å². The van der Waals surface area contributed by atoms with E-state index in [2.05, 4.69) is 15.2 Å². The summed E-state index contributed by atoms with van der Waals surface area (Å²) in [6.07, 6.45) is 0. The SMILES string of the molecule is O=c1oc(-c2nc(COc3ccccc3Cl)no2)nn1CCS(=O)(=O)c1ccc(Cl)cc1. The van der Waals surface area contributed by atoms with Gasteiger partial charge in [-0.05, 0) is 36.4 Å². The van der Waals surface area contributed by atoms with Crippen molar-refractivity contribution in [3.63, 3.8) is 0 Å². The third-order valence-corrected chi connectivity index (χ3v) is 6.47. The number of hydrogen-bond acceptors (Lipinski definition) is 9. The Morgan fingerprint density at radius 3 is 2.53 bits per heavy atom. The number of hydrogen-bond donors (Lipinski definition) is 0. The molecule has 0 N–H and O–H groups in total. The zero-order valence-electron chi connectivity index (χ0n) is 16.1. The quantitative estimate of drug-likeness (QED) is 0.360. The minimum absolute atomic E-state index is 0.0441. The lowest BCUT2D eigenvalue weighted by molar-refractivity contribution is 0.287. The molecule has 0 aliphatic carbocycles. The maximum atomic E-state index is 12.4. The van der Waals surface area contributed by atoms with Gasteiger partial charge >= 0.3 is 17.5 Å². The number of rotatable bonds is 8. The topological polar surface area (TPSA) is 130 Å². The standard InChI is InChI=1S/C19H14Cl2N4O6S/c20-12-5-7-13(8-6-12)32(27,28)10-9-25-19(26)30-18(23-25)17-22-16(24-31-17)11-29-15-4-2-1-3-14(15)21/h1-8H,9-11H2. The molecule has 0 aliphatic heterocycles. The van der Waals surface area contributed by atoms with E-state index >= 15 is 0 Å². The van der Waals surface area contributed by atoms with E-state index in [0.29, 0.717) is 15.8 Å². The van der Waals surface area contributed by atoms with Crippen molar-refractivity contribution >= 4 is 33.0 Å². The molecule has 0 saturated heterocycles. The fourth-order valence-corrected chi connectivity index (χ4v) is 4.12. The molecule has 2 aromatic carbocycles. The predicted octanol–water partition coefficient (Wildman–Crippen LogP) is 3.25. The molecule has 0 saturated carbocycles. The summed E-state index contributed by atoms with van der Waals surface area (Å²) >= 11 is 11.8. The van der Waals surface area contributed by atoms with Crippen molar-refractivity contribution in [1.29, 1.82) is 0 Å². The summed E-state index contributed by atoms with van der Waals surface area (Å²) in [5, 5.41) is 8.51. The van der Waals surface area contributed by atoms with Gasteiger partial charge in [0.2, 0.25) is 5.82 Å². The van der Waals surface area contributed by atoms with E-state index < -0.39 is 15.6 Å². The molecule has 0 atom stereocenters. The number of benzene rings is 2. The van der Waals surface area contributed by atoms with Gasteiger partial charge in [-0.1, -0.05) is 40.5 Å². The maximum absolute atomic E-state index is 12.4. The molecule has 166 valence electrons. The molecule has 0 amide bonds. The Hall–Kier alpha value is -3.15. The number of ether oxygens (including phenoxy) is 1. The van der Waals surface area contributed by atoms with Crippen LogP contribution < -0.4 is 10.5 Å². The van der Waals surface area contributed by atoms with Gasteiger partial charge in [0.1, 0.15) is 5.75 Å². The van der Waals surface area contributed by atoms with Gasteiger partial charge in [0, 0.05) is 5.02 Å². The van der Waals surface area contributed by atoms with Crippen LogP contribution in [0.1, 0.15) is 5.82 Å². The van der Waals surface area contributed by atoms with Crippen LogP contribution in [-0.2, 0) is 23.0 Å². The van der Waals surface area contributed by atoms with E-state index in [1.165, 1.54) is 24.3 Å². The van der Waals surface area contributed by atoms with Crippen LogP contribution in [-0.4, -0.2) is 34.1 Å². The highest BCUT2D eigenvalue weighted by atomic mass is 35.5. The second-order valence-corrected chi connectivity index (χ2v) is 9.36. The average molecular weight is 497 g/mol. The Morgan fingerprint density at radius 2 is 1.78 bits per heavy atom. The number of para-hydroxylation sites is 1. The molecule has 0 bridgehead atoms. The molecule has 32 heavy (non-hydrogen) atoms. The van der Waals surface area contributed by atoms with Crippen molar-refractivity contribution in [2.75, 3.05) is 5.75 Å². The van der Waals surface area contributed by atoms with Crippen molar-refractivity contribution in [2.24, 2.45) is 0 Å². The largest absolute Gasteiger partial charge is 0.484 e. The van der Waals surface area contributed by atoms with Crippen LogP contribution in [0.25, 0.3) is 11.8 Å². The van der Waals surface area contributed by atoms with E-state index in [-0.39, 0.29) is 41.4 Å². The molecule has 0 spiro atoms. The Labute approximate surface area is 191 Å². The molecule has 0 fully saturated rings. The zero-order valence-corrected chi connectivity index (χ0v) is 18.5. The summed E-state index contributed by atoms with van der Waals surface area (Å²) in [6.45, 7) is -0.276. The molecule has 2 heterocycles. The second-order valence-electron chi connectivity index (χ2n) is 6.40. The van der Waals surface area contributed by atoms with Crippen LogP contribution in [0.5, 0.6) is 5.75 Å². The van der Waals surface area contributed by atoms with E-state index in [0.717, 1.165) is 4.68 Å². The minimum Gasteiger partial charge on any atom is -0.484 e. The first kappa shape index (κ1) is 22.1. The first-order valence-electron chi connectivity index (χ1n) is 9.08. The normalized spacial score (nSPS) is 11.6. The first-order chi connectivity index (χ1) is 15.3. The number of sulfone groups is 1. The number of halogens is 2. The van der Waals surface area contributed by atoms with Crippen LogP contribution in [0.15, 0.2) is 67.2 Å². The van der Waals surface area contributed by atoms with Gasteiger partial charge in [-0.25, -0.2) is 13.2 Å². The average Bonchev–Trinajstić information content (AvgIpc) is 3.38. The summed E-state index contributed by atoms with van der Waals surface area (Å²) in [5.74, 6) is -1.02. The molecule has 0 unspecified atom stereocenters. The third kappa shape index (κ3) is 5.01. The van der Waals surface area contributed by atoms with E-state index in [1.54, 1.807) is 24.3 Å². The summed E-state index contributed by atoms with van der Waals surface area (Å²) in [6, 6.07) is 12.6. The molecule has 4 aromatic rings. The molecule has 10 nitrogen and oxygen atoms in total. The summed E-state index contributed by atoms with van der Waals surface area (Å²) in [7, 11) is -3.66. The van der Waals surface area contributed by atoms with Crippen LogP contribution in [0.4, 0.5) is 0 Å². The first-order valence-corrected chi connectivity index (χ1v) is 11.5. The lowest BCUT2D eigenvalue weighted by Gasteiger charge is -2.04. The van der Waals surface area contributed by atoms with E-state index in [4.69, 9.17) is 36.9 Å². The van der Waals surface area contributed by atoms with Crippen molar-refractivity contribution in [3.8, 4) is 17.5 Å². The Bertz CT molecular complexity index is 1400. The van der Waals surface area contributed by atoms with Crippen LogP contribution in [0, 0.1) is 0 Å². The molecule has 4 rings (SSSR count). The monoisotopic (exact) mass is 496 g/mol. The number of aromatic nitrogens is 4. The van der Waals surface area contributed by atoms with Crippen LogP contribution in [0.3, 0.4) is 0 Å². The molecule has 13 heteroatoms. The fourth-order valence-electron chi connectivity index (χ4n) is 2.60. The van der Waals surface area contributed by atoms with Gasteiger partial charge in [-0.15, -0.1) is 5.10 Å². The molecule has 0 radical (unpaired) electrons. The van der Waals surface area contributed by atoms with E-state index in [1.807, 2.05) is 0 Å². The van der Waals surface area contributed by atoms with Crippen LogP contribution >= 0.6 is 23.2 Å². The molecular weight excluding hydrogens is 483 g/mol. The molecule has 2 aromatic heterocycles. The summed E-state index contributed by atoms with van der Waals surface area (Å²) in [5.41, 5.74) is 0. The van der Waals surface area contributed by atoms with Crippen molar-refractivity contribution in [2.45, 2.75) is 18.0 Å². The number of nitrogens with zero attached hydrogens (tertiary/aromatic N) is 4. The van der Waals surface area contributed by atoms with Gasteiger partial charge in [-0.2, -0.15) is 9.67 Å². The van der Waals surface area contributed by atoms with Crippen LogP contribution in [0.2, 0.25) is 10.0 Å². The summed E-state index contributed by atoms with van der Waals surface area (Å²) < 4.78 is 41.3. The third-order valence-electron chi connectivity index (χ3n) is 4.20. The van der Waals surface area contributed by atoms with Gasteiger partial charge in [0.15, 0.2) is 16.4 Å². The summed E-state index contributed by atoms with van der Waals surface area (Å²) in [4.78, 5) is 16.2. The Kier molecular flexibility index (Phi) is 6.31. The minimum atomic E-state index is -3.66. The van der Waals surface area contributed by atoms with Crippen molar-refractivity contribution in [1.82, 2.24) is 19.9 Å². The van der Waals surface area contributed by atoms with Crippen molar-refractivity contribution < 1.29 is 22.1 Å². The number of aryl methyl sites for hydroxylation is 1. The smallest absolute Gasteiger partial charge is 0.437 e. The Balaban J connectivity index is 1.43. The Morgan fingerprint density at radius 1 is 1.03 bits per heavy atom. The maximum Gasteiger partial charge on any atom is 0.437 e. The highest BCUT2D eigenvalue weighted by molar-refractivity contribution is 7.91. The van der Waals surface area contributed by atoms with Crippen molar-refractivity contribution in [3.05, 3.63) is 75.0 Å². The lowest BCUT2D eigenvalue weighted by atomic mass is 10.3. The predicted molar refractivity (Wildman–Crippen MR) is 113 cm³/mol. The van der Waals surface area contributed by atoms with Gasteiger partial charge < -0.3 is 13.7 Å². The lowest BCUT2D eigenvalue weighted by Crippen LogP contribution is -2.21. The van der Waals surface area contributed by atoms with Gasteiger partial charge in [-0.3, -0.25) is 0 Å². The second kappa shape index (κ2) is 9.15. The van der Waals surface area contributed by atoms with Gasteiger partial charge in [0.05, 0.1) is 22.2 Å². The zero-order chi connectivity index (χ0) is 22.7. The highest BCUT2D eigenvalue weighted by Gasteiger charge is 2.20.